The number of thiazole rings is 2. The molecule has 0 saturated carbocycles. The fraction of sp³-hybridized carbons (Fsp3) is 0.297. The van der Waals surface area contributed by atoms with Crippen LogP contribution >= 0.6 is 22.7 Å². The van der Waals surface area contributed by atoms with Gasteiger partial charge >= 0.3 is 0 Å². The Labute approximate surface area is 346 Å². The van der Waals surface area contributed by atoms with Crippen LogP contribution in [0.3, 0.4) is 0 Å². The van der Waals surface area contributed by atoms with Crippen LogP contribution < -0.4 is 18.2 Å². The van der Waals surface area contributed by atoms with Crippen LogP contribution in [0, 0.1) is 6.92 Å². The number of rotatable bonds is 10. The number of aryl methyl sites for hydroxylation is 1. The van der Waals surface area contributed by atoms with Crippen molar-refractivity contribution >= 4 is 86.2 Å². The van der Waals surface area contributed by atoms with Crippen molar-refractivity contribution in [3.8, 4) is 0 Å². The summed E-state index contributed by atoms with van der Waals surface area (Å²) >= 11 is 2.06. The van der Waals surface area contributed by atoms with Crippen molar-refractivity contribution in [2.45, 2.75) is 74.4 Å². The molecule has 0 bridgehead atoms. The van der Waals surface area contributed by atoms with Gasteiger partial charge in [-0.15, -0.1) is 26.4 Å². The van der Waals surface area contributed by atoms with Gasteiger partial charge in [-0.05, 0) is 67.6 Å². The highest BCUT2D eigenvalue weighted by atomic mass is 32.3. The van der Waals surface area contributed by atoms with Crippen LogP contribution in [0.15, 0.2) is 111 Å². The molecule has 21 heteroatoms. The van der Waals surface area contributed by atoms with Crippen molar-refractivity contribution in [1.82, 2.24) is 9.97 Å². The molecule has 2 aromatic heterocycles. The van der Waals surface area contributed by atoms with Crippen molar-refractivity contribution in [3.05, 3.63) is 102 Å². The number of hydrogen-bond acceptors (Lipinski definition) is 14. The summed E-state index contributed by atoms with van der Waals surface area (Å²) in [7, 11) is -12.8. The molecular weight excluding hydrogens is 849 g/mol. The van der Waals surface area contributed by atoms with Gasteiger partial charge in [-0.25, -0.2) is 18.4 Å². The molecule has 7 rings (SSSR count). The average Bonchev–Trinajstić information content (AvgIpc) is 4.05. The van der Waals surface area contributed by atoms with Gasteiger partial charge in [0.25, 0.3) is 41.9 Å². The topological polar surface area (TPSA) is 225 Å². The highest BCUT2D eigenvalue weighted by molar-refractivity contribution is 8.10. The van der Waals surface area contributed by atoms with Crippen LogP contribution in [0.2, 0.25) is 0 Å². The number of aliphatic hydroxyl groups excluding tert-OH is 2. The molecule has 2 amide bonds. The average molecular weight is 893 g/mol. The fourth-order valence-electron chi connectivity index (χ4n) is 5.44. The minimum atomic E-state index is -4.56. The van der Waals surface area contributed by atoms with Crippen molar-refractivity contribution in [2.75, 3.05) is 31.3 Å². The van der Waals surface area contributed by atoms with E-state index in [4.69, 9.17) is 0 Å². The predicted octanol–water partition coefficient (Wildman–Crippen LogP) is 5.23. The second-order valence-corrected chi connectivity index (χ2v) is 19.1. The summed E-state index contributed by atoms with van der Waals surface area (Å²) < 4.78 is 80.7. The number of amides is 2. The number of carbonyl (C=O) groups is 2. The summed E-state index contributed by atoms with van der Waals surface area (Å²) in [5.74, 6) is -0.830. The lowest BCUT2D eigenvalue weighted by Gasteiger charge is -2.22. The van der Waals surface area contributed by atoms with Gasteiger partial charge in [-0.1, -0.05) is 45.4 Å². The minimum Gasteiger partial charge on any atom is -0.383 e. The fourth-order valence-corrected chi connectivity index (χ4v) is 11.9. The van der Waals surface area contributed by atoms with Crippen molar-refractivity contribution < 1.29 is 45.1 Å². The predicted molar refractivity (Wildman–Crippen MR) is 225 cm³/mol. The minimum absolute atomic E-state index is 0.0821. The molecule has 0 radical (unpaired) electrons. The number of aliphatic hydroxyl groups is 2. The maximum Gasteiger partial charge on any atom is 0.279 e. The van der Waals surface area contributed by atoms with E-state index in [0.717, 1.165) is 16.9 Å². The number of benzene rings is 3. The lowest BCUT2D eigenvalue weighted by Crippen LogP contribution is -2.37. The van der Waals surface area contributed by atoms with Gasteiger partial charge in [-0.2, -0.15) is 16.8 Å². The number of aromatic nitrogens is 2. The molecule has 2 fully saturated rings. The quantitative estimate of drug-likeness (QED) is 0.164. The van der Waals surface area contributed by atoms with E-state index in [0.29, 0.717) is 39.7 Å². The Morgan fingerprint density at radius 3 is 1.43 bits per heavy atom. The first kappa shape index (κ1) is 45.9. The van der Waals surface area contributed by atoms with Crippen LogP contribution in [0.5, 0.6) is 0 Å². The van der Waals surface area contributed by atoms with Gasteiger partial charge in [0.05, 0.1) is 14.7 Å². The van der Waals surface area contributed by atoms with Crippen LogP contribution in [0.1, 0.15) is 46.1 Å². The third kappa shape index (κ3) is 10.3. The molecule has 2 aliphatic rings. The van der Waals surface area contributed by atoms with E-state index in [1.165, 1.54) is 87.4 Å². The summed E-state index contributed by atoms with van der Waals surface area (Å²) in [6.07, 6.45) is 1.43. The Kier molecular flexibility index (Phi) is 15.7. The molecule has 2 saturated heterocycles. The smallest absolute Gasteiger partial charge is 0.279 e. The number of carbonyl (C=O) groups excluding carboxylic acids is 2. The van der Waals surface area contributed by atoms with Crippen LogP contribution in [0.4, 0.5) is 21.6 Å². The zero-order chi connectivity index (χ0) is 42.8. The summed E-state index contributed by atoms with van der Waals surface area (Å²) in [6, 6.07) is 17.0. The Hall–Kier alpha value is -4.77. The van der Waals surface area contributed by atoms with Gasteiger partial charge < -0.3 is 20.0 Å². The van der Waals surface area contributed by atoms with E-state index in [1.54, 1.807) is 36.6 Å². The maximum absolute atomic E-state index is 13.5. The SMILES string of the molecule is CC.CC.Cc1ccc(S(=O)(=O)N(c2nccs2)S(=O)(=O)c2ccc(N3CCC(O)C3=O)cc2)cc1.O=C1C(O)CCN1c1ccc(S(=O)(=O)Nc2nccs2)cc1. The number of sulfonamides is 3. The largest absolute Gasteiger partial charge is 0.383 e. The van der Waals surface area contributed by atoms with Gasteiger partial charge in [0.1, 0.15) is 12.2 Å². The first-order valence-electron chi connectivity index (χ1n) is 18.0. The number of nitrogens with zero attached hydrogens (tertiary/aromatic N) is 5. The first-order valence-corrected chi connectivity index (χ1v) is 24.1. The van der Waals surface area contributed by atoms with E-state index >= 15 is 0 Å². The molecule has 0 spiro atoms. The zero-order valence-corrected chi connectivity index (χ0v) is 36.2. The molecular formula is C37H44N6O10S5. The monoisotopic (exact) mass is 892 g/mol. The standard InChI is InChI=1S/C20H19N3O6S3.C13H13N3O4S2.2C2H6/c1-14-2-6-16(7-3-14)31(26,27)23(20-21-11-13-30-20)32(28,29)17-8-4-15(5-9-17)22-12-10-18(24)19(22)25;17-11-5-7-16(12(11)18)9-1-3-10(4-2-9)22(19,20)15-13-14-6-8-21-13;2*1-2/h2-9,11,13,18,24H,10,12H2,1H3;1-4,6,8,11,17H,5,7H2,(H,14,15);2*1-2H3. The summed E-state index contributed by atoms with van der Waals surface area (Å²) in [6.45, 7) is 10.5. The number of anilines is 4. The van der Waals surface area contributed by atoms with E-state index in [-0.39, 0.29) is 32.1 Å². The van der Waals surface area contributed by atoms with E-state index in [2.05, 4.69) is 14.7 Å². The molecule has 3 N–H and O–H groups in total. The van der Waals surface area contributed by atoms with Crippen LogP contribution in [0.25, 0.3) is 0 Å². The molecule has 0 aliphatic carbocycles. The van der Waals surface area contributed by atoms with Gasteiger partial charge in [0, 0.05) is 60.5 Å². The lowest BCUT2D eigenvalue weighted by molar-refractivity contribution is -0.124. The molecule has 3 aromatic carbocycles. The third-order valence-electron chi connectivity index (χ3n) is 8.24. The van der Waals surface area contributed by atoms with Crippen LogP contribution in [-0.2, 0) is 39.7 Å². The van der Waals surface area contributed by atoms with Gasteiger partial charge in [0.15, 0.2) is 5.13 Å². The summed E-state index contributed by atoms with van der Waals surface area (Å²) in [4.78, 5) is 34.0. The molecule has 2 atom stereocenters. The Morgan fingerprint density at radius 2 is 1.05 bits per heavy atom. The maximum atomic E-state index is 13.5. The van der Waals surface area contributed by atoms with Gasteiger partial charge in [-0.3, -0.25) is 14.3 Å². The Bertz CT molecular complexity index is 2450. The first-order chi connectivity index (χ1) is 27.6. The van der Waals surface area contributed by atoms with Crippen molar-refractivity contribution in [2.24, 2.45) is 0 Å². The van der Waals surface area contributed by atoms with Crippen LogP contribution in [-0.4, -0.2) is 82.5 Å². The molecule has 16 nitrogen and oxygen atoms in total. The van der Waals surface area contributed by atoms with Crippen molar-refractivity contribution in [3.63, 3.8) is 0 Å². The van der Waals surface area contributed by atoms with E-state index in [9.17, 15) is 45.1 Å². The Morgan fingerprint density at radius 1 is 0.638 bits per heavy atom. The second-order valence-electron chi connectivity index (χ2n) is 11.9. The summed E-state index contributed by atoms with van der Waals surface area (Å²) in [5.41, 5.74) is 1.80. The molecule has 2 aliphatic heterocycles. The van der Waals surface area contributed by atoms with Gasteiger partial charge in [0.2, 0.25) is 5.13 Å². The molecule has 5 aromatic rings. The normalized spacial score (nSPS) is 16.7. The highest BCUT2D eigenvalue weighted by Crippen LogP contribution is 2.33. The molecule has 312 valence electrons. The van der Waals surface area contributed by atoms with E-state index in [1.807, 2.05) is 27.7 Å². The number of hydrogen-bond donors (Lipinski definition) is 3. The number of nitrogens with one attached hydrogen (secondary N) is 1. The summed E-state index contributed by atoms with van der Waals surface area (Å²) in [5, 5.41) is 22.3. The third-order valence-corrected chi connectivity index (χ3v) is 15.5. The molecule has 2 unspecified atom stereocenters. The lowest BCUT2D eigenvalue weighted by atomic mass is 10.2. The Balaban J connectivity index is 0.000000250. The van der Waals surface area contributed by atoms with E-state index < -0.39 is 48.2 Å². The van der Waals surface area contributed by atoms with Crippen molar-refractivity contribution in [1.29, 1.82) is 0 Å². The zero-order valence-electron chi connectivity index (χ0n) is 32.2. The molecule has 58 heavy (non-hydrogen) atoms. The highest BCUT2D eigenvalue weighted by Gasteiger charge is 2.39. The molecule has 4 heterocycles. The second kappa shape index (κ2) is 19.8.